The number of carbonyl (C=O) groups is 2. The summed E-state index contributed by atoms with van der Waals surface area (Å²) in [7, 11) is 4.06. The fourth-order valence-corrected chi connectivity index (χ4v) is 3.20. The number of benzene rings is 2. The number of ether oxygens (including phenoxy) is 2. The van der Waals surface area contributed by atoms with Crippen molar-refractivity contribution in [3.8, 4) is 0 Å². The van der Waals surface area contributed by atoms with Crippen molar-refractivity contribution in [2.24, 2.45) is 0 Å². The standard InChI is InChI=1S/C26H34N2O4/c1-27(21-23-11-5-3-6-12-23)17-9-19-31-25(29)15-16-26(30)32-20-10-18-28(2)22-24-13-7-4-8-14-24/h3-8,11-16H,9-10,17-22H2,1-2H3/b16-15+. The van der Waals surface area contributed by atoms with E-state index < -0.39 is 11.9 Å². The van der Waals surface area contributed by atoms with Gasteiger partial charge in [0, 0.05) is 38.3 Å². The molecule has 0 N–H and O–H groups in total. The first-order valence-electron chi connectivity index (χ1n) is 11.0. The fourth-order valence-electron chi connectivity index (χ4n) is 3.20. The van der Waals surface area contributed by atoms with E-state index in [0.29, 0.717) is 13.2 Å². The lowest BCUT2D eigenvalue weighted by Gasteiger charge is -2.16. The quantitative estimate of drug-likeness (QED) is 0.255. The highest BCUT2D eigenvalue weighted by Gasteiger charge is 2.04. The van der Waals surface area contributed by atoms with Crippen LogP contribution in [0.1, 0.15) is 24.0 Å². The molecule has 32 heavy (non-hydrogen) atoms. The van der Waals surface area contributed by atoms with Crippen LogP contribution in [-0.4, -0.2) is 62.1 Å². The molecule has 0 radical (unpaired) electrons. The van der Waals surface area contributed by atoms with E-state index in [0.717, 1.165) is 51.2 Å². The van der Waals surface area contributed by atoms with Gasteiger partial charge in [0.2, 0.25) is 0 Å². The Morgan fingerprint density at radius 3 is 1.44 bits per heavy atom. The molecule has 0 amide bonds. The van der Waals surface area contributed by atoms with Crippen LogP contribution in [0.2, 0.25) is 0 Å². The Labute approximate surface area is 191 Å². The van der Waals surface area contributed by atoms with E-state index in [4.69, 9.17) is 9.47 Å². The van der Waals surface area contributed by atoms with E-state index in [1.807, 2.05) is 50.5 Å². The van der Waals surface area contributed by atoms with E-state index in [1.54, 1.807) is 0 Å². The average Bonchev–Trinajstić information content (AvgIpc) is 2.79. The highest BCUT2D eigenvalue weighted by Crippen LogP contribution is 2.04. The van der Waals surface area contributed by atoms with Crippen LogP contribution in [0.5, 0.6) is 0 Å². The zero-order chi connectivity index (χ0) is 23.0. The van der Waals surface area contributed by atoms with Crippen LogP contribution in [-0.2, 0) is 32.2 Å². The number of carbonyl (C=O) groups excluding carboxylic acids is 2. The first-order valence-corrected chi connectivity index (χ1v) is 11.0. The van der Waals surface area contributed by atoms with Gasteiger partial charge < -0.3 is 19.3 Å². The molecule has 0 aliphatic heterocycles. The van der Waals surface area contributed by atoms with Gasteiger partial charge in [-0.15, -0.1) is 0 Å². The summed E-state index contributed by atoms with van der Waals surface area (Å²) in [6, 6.07) is 20.4. The van der Waals surface area contributed by atoms with Crippen LogP contribution in [0.25, 0.3) is 0 Å². The van der Waals surface area contributed by atoms with Crippen molar-refractivity contribution < 1.29 is 19.1 Å². The van der Waals surface area contributed by atoms with Gasteiger partial charge in [0.25, 0.3) is 0 Å². The molecule has 0 bridgehead atoms. The Hall–Kier alpha value is -2.96. The Kier molecular flexibility index (Phi) is 11.8. The van der Waals surface area contributed by atoms with Crippen molar-refractivity contribution in [3.05, 3.63) is 83.9 Å². The summed E-state index contributed by atoms with van der Waals surface area (Å²) < 4.78 is 10.3. The second-order valence-corrected chi connectivity index (χ2v) is 7.82. The van der Waals surface area contributed by atoms with Crippen molar-refractivity contribution in [2.45, 2.75) is 25.9 Å². The minimum atomic E-state index is -0.532. The monoisotopic (exact) mass is 438 g/mol. The Balaban J connectivity index is 1.50. The second-order valence-electron chi connectivity index (χ2n) is 7.82. The van der Waals surface area contributed by atoms with Gasteiger partial charge in [0.15, 0.2) is 0 Å². The number of rotatable bonds is 14. The van der Waals surface area contributed by atoms with Gasteiger partial charge in [0.05, 0.1) is 13.2 Å². The van der Waals surface area contributed by atoms with Crippen LogP contribution < -0.4 is 0 Å². The van der Waals surface area contributed by atoms with Crippen LogP contribution in [0.15, 0.2) is 72.8 Å². The van der Waals surface area contributed by atoms with Crippen molar-refractivity contribution >= 4 is 11.9 Å². The summed E-state index contributed by atoms with van der Waals surface area (Å²) in [5.74, 6) is -1.06. The van der Waals surface area contributed by atoms with Crippen LogP contribution in [0, 0.1) is 0 Å². The lowest BCUT2D eigenvalue weighted by atomic mass is 10.2. The van der Waals surface area contributed by atoms with Crippen LogP contribution in [0.3, 0.4) is 0 Å². The predicted octanol–water partition coefficient (Wildman–Crippen LogP) is 3.67. The zero-order valence-electron chi connectivity index (χ0n) is 19.1. The summed E-state index contributed by atoms with van der Waals surface area (Å²) in [6.07, 6.45) is 3.70. The maximum atomic E-state index is 11.7. The molecule has 0 spiro atoms. The Morgan fingerprint density at radius 2 is 1.06 bits per heavy atom. The minimum Gasteiger partial charge on any atom is -0.462 e. The molecule has 0 aliphatic rings. The maximum Gasteiger partial charge on any atom is 0.331 e. The van der Waals surface area contributed by atoms with Gasteiger partial charge >= 0.3 is 11.9 Å². The molecular formula is C26H34N2O4. The highest BCUT2D eigenvalue weighted by molar-refractivity contribution is 5.91. The van der Waals surface area contributed by atoms with E-state index in [-0.39, 0.29) is 0 Å². The topological polar surface area (TPSA) is 59.1 Å². The molecule has 0 saturated carbocycles. The van der Waals surface area contributed by atoms with Crippen molar-refractivity contribution in [3.63, 3.8) is 0 Å². The van der Waals surface area contributed by atoms with Gasteiger partial charge in [-0.25, -0.2) is 9.59 Å². The first kappa shape index (κ1) is 25.3. The zero-order valence-corrected chi connectivity index (χ0v) is 19.1. The molecular weight excluding hydrogens is 404 g/mol. The summed E-state index contributed by atoms with van der Waals surface area (Å²) in [6.45, 7) is 3.95. The van der Waals surface area contributed by atoms with E-state index in [9.17, 15) is 9.59 Å². The average molecular weight is 439 g/mol. The van der Waals surface area contributed by atoms with E-state index in [1.165, 1.54) is 11.1 Å². The molecule has 172 valence electrons. The molecule has 0 aliphatic carbocycles. The molecule has 0 unspecified atom stereocenters. The Morgan fingerprint density at radius 1 is 0.688 bits per heavy atom. The third-order valence-electron chi connectivity index (χ3n) is 4.80. The first-order chi connectivity index (χ1) is 15.5. The molecule has 2 rings (SSSR count). The predicted molar refractivity (Wildman–Crippen MR) is 126 cm³/mol. The third-order valence-corrected chi connectivity index (χ3v) is 4.80. The second kappa shape index (κ2) is 14.9. The molecule has 0 fully saturated rings. The Bertz CT molecular complexity index is 755. The molecule has 2 aromatic carbocycles. The molecule has 0 saturated heterocycles. The summed E-state index contributed by atoms with van der Waals surface area (Å²) in [5.41, 5.74) is 2.49. The lowest BCUT2D eigenvalue weighted by molar-refractivity contribution is -0.140. The van der Waals surface area contributed by atoms with Crippen molar-refractivity contribution in [1.82, 2.24) is 9.80 Å². The van der Waals surface area contributed by atoms with Gasteiger partial charge in [0.1, 0.15) is 0 Å². The van der Waals surface area contributed by atoms with Crippen molar-refractivity contribution in [1.29, 1.82) is 0 Å². The minimum absolute atomic E-state index is 0.311. The third kappa shape index (κ3) is 11.4. The molecule has 2 aromatic rings. The molecule has 0 aromatic heterocycles. The number of hydrogen-bond donors (Lipinski definition) is 0. The van der Waals surface area contributed by atoms with E-state index >= 15 is 0 Å². The van der Waals surface area contributed by atoms with Crippen LogP contribution in [0.4, 0.5) is 0 Å². The SMILES string of the molecule is CN(CCCOC(=O)/C=C/C(=O)OCCCN(C)Cc1ccccc1)Cc1ccccc1. The fraction of sp³-hybridized carbons (Fsp3) is 0.385. The smallest absolute Gasteiger partial charge is 0.331 e. The van der Waals surface area contributed by atoms with Gasteiger partial charge in [-0.1, -0.05) is 60.7 Å². The summed E-state index contributed by atoms with van der Waals surface area (Å²) >= 11 is 0. The number of esters is 2. The highest BCUT2D eigenvalue weighted by atomic mass is 16.5. The van der Waals surface area contributed by atoms with Crippen molar-refractivity contribution in [2.75, 3.05) is 40.4 Å². The summed E-state index contributed by atoms with van der Waals surface area (Å²) in [5, 5.41) is 0. The maximum absolute atomic E-state index is 11.7. The summed E-state index contributed by atoms with van der Waals surface area (Å²) in [4.78, 5) is 27.8. The lowest BCUT2D eigenvalue weighted by Crippen LogP contribution is -2.21. The van der Waals surface area contributed by atoms with Crippen LogP contribution >= 0.6 is 0 Å². The number of hydrogen-bond acceptors (Lipinski definition) is 6. The molecule has 6 nitrogen and oxygen atoms in total. The molecule has 0 atom stereocenters. The van der Waals surface area contributed by atoms with Gasteiger partial charge in [-0.3, -0.25) is 0 Å². The van der Waals surface area contributed by atoms with E-state index in [2.05, 4.69) is 34.1 Å². The normalized spacial score (nSPS) is 11.2. The van der Waals surface area contributed by atoms with Gasteiger partial charge in [-0.05, 0) is 38.1 Å². The number of nitrogens with zero attached hydrogens (tertiary/aromatic N) is 2. The van der Waals surface area contributed by atoms with Gasteiger partial charge in [-0.2, -0.15) is 0 Å². The molecule has 6 heteroatoms. The molecule has 0 heterocycles. The largest absolute Gasteiger partial charge is 0.462 e.